The lowest BCUT2D eigenvalue weighted by Crippen LogP contribution is -2.47. The van der Waals surface area contributed by atoms with Gasteiger partial charge in [-0.15, -0.1) is 0 Å². The first kappa shape index (κ1) is 50.8. The van der Waals surface area contributed by atoms with Gasteiger partial charge in [-0.1, -0.05) is 220 Å². The van der Waals surface area contributed by atoms with Gasteiger partial charge >= 0.3 is 0 Å². The predicted octanol–water partition coefficient (Wildman–Crippen LogP) is 13.0. The first-order valence-electron chi connectivity index (χ1n) is 23.2. The third-order valence-electron chi connectivity index (χ3n) is 11.6. The molecule has 51 heavy (non-hydrogen) atoms. The highest BCUT2D eigenvalue weighted by molar-refractivity contribution is 4.85. The van der Waals surface area contributed by atoms with Crippen molar-refractivity contribution in [2.24, 2.45) is 11.8 Å². The minimum atomic E-state index is -0.981. The van der Waals surface area contributed by atoms with E-state index in [-0.39, 0.29) is 25.0 Å². The molecule has 5 heteroatoms. The SMILES string of the molecule is CCCCCCCCCCCCCC(CCCCCC)C(OC(C(O)CO)C(CCCCCC)CCCCCCCCCCCCC)C(O)CO. The summed E-state index contributed by atoms with van der Waals surface area (Å²) in [6, 6.07) is 0. The van der Waals surface area contributed by atoms with Crippen LogP contribution in [0.3, 0.4) is 0 Å². The van der Waals surface area contributed by atoms with Crippen LogP contribution in [0.2, 0.25) is 0 Å². The lowest BCUT2D eigenvalue weighted by Gasteiger charge is -2.38. The second-order valence-corrected chi connectivity index (χ2v) is 16.4. The molecule has 0 aliphatic heterocycles. The van der Waals surface area contributed by atoms with Crippen molar-refractivity contribution >= 4 is 0 Å². The van der Waals surface area contributed by atoms with Crippen LogP contribution in [0.25, 0.3) is 0 Å². The van der Waals surface area contributed by atoms with Crippen molar-refractivity contribution in [3.63, 3.8) is 0 Å². The Morgan fingerprint density at radius 2 is 0.510 bits per heavy atom. The van der Waals surface area contributed by atoms with Crippen molar-refractivity contribution in [2.45, 2.75) is 270 Å². The fraction of sp³-hybridized carbons (Fsp3) is 1.00. The monoisotopic (exact) mass is 727 g/mol. The third-order valence-corrected chi connectivity index (χ3v) is 11.6. The predicted molar refractivity (Wildman–Crippen MR) is 222 cm³/mol. The molecule has 308 valence electrons. The van der Waals surface area contributed by atoms with E-state index in [1.165, 1.54) is 167 Å². The molecule has 0 bridgehead atoms. The van der Waals surface area contributed by atoms with Crippen molar-refractivity contribution in [1.82, 2.24) is 0 Å². The second-order valence-electron chi connectivity index (χ2n) is 16.4. The molecule has 0 heterocycles. The van der Waals surface area contributed by atoms with Crippen molar-refractivity contribution < 1.29 is 25.2 Å². The Morgan fingerprint density at radius 3 is 0.725 bits per heavy atom. The number of hydrogen-bond donors (Lipinski definition) is 4. The summed E-state index contributed by atoms with van der Waals surface area (Å²) in [4.78, 5) is 0. The van der Waals surface area contributed by atoms with E-state index in [4.69, 9.17) is 4.74 Å². The van der Waals surface area contributed by atoms with Gasteiger partial charge in [-0.05, 0) is 37.5 Å². The number of hydrogen-bond acceptors (Lipinski definition) is 5. The van der Waals surface area contributed by atoms with E-state index in [0.29, 0.717) is 0 Å². The Bertz CT molecular complexity index is 606. The lowest BCUT2D eigenvalue weighted by molar-refractivity contribution is -0.171. The van der Waals surface area contributed by atoms with E-state index in [1.807, 2.05) is 0 Å². The maximum Gasteiger partial charge on any atom is 0.103 e. The summed E-state index contributed by atoms with van der Waals surface area (Å²) < 4.78 is 6.88. The molecule has 5 nitrogen and oxygen atoms in total. The molecule has 0 fully saturated rings. The molecule has 0 spiro atoms. The van der Waals surface area contributed by atoms with Crippen LogP contribution in [0.5, 0.6) is 0 Å². The zero-order valence-corrected chi connectivity index (χ0v) is 35.1. The topological polar surface area (TPSA) is 90.2 Å². The summed E-state index contributed by atoms with van der Waals surface area (Å²) in [5.41, 5.74) is 0. The molecule has 6 atom stereocenters. The highest BCUT2D eigenvalue weighted by atomic mass is 16.5. The fourth-order valence-corrected chi connectivity index (χ4v) is 8.17. The minimum Gasteiger partial charge on any atom is -0.394 e. The van der Waals surface area contributed by atoms with Crippen molar-refractivity contribution in [3.05, 3.63) is 0 Å². The van der Waals surface area contributed by atoms with Crippen molar-refractivity contribution in [3.8, 4) is 0 Å². The van der Waals surface area contributed by atoms with Crippen molar-refractivity contribution in [2.75, 3.05) is 13.2 Å². The summed E-state index contributed by atoms with van der Waals surface area (Å²) in [7, 11) is 0. The van der Waals surface area contributed by atoms with Gasteiger partial charge in [0, 0.05) is 0 Å². The number of rotatable bonds is 42. The van der Waals surface area contributed by atoms with E-state index < -0.39 is 24.4 Å². The maximum atomic E-state index is 11.3. The van der Waals surface area contributed by atoms with Crippen LogP contribution < -0.4 is 0 Å². The normalized spacial score (nSPS) is 15.5. The van der Waals surface area contributed by atoms with E-state index in [9.17, 15) is 20.4 Å². The molecule has 0 saturated carbocycles. The highest BCUT2D eigenvalue weighted by Crippen LogP contribution is 2.32. The molecule has 0 aliphatic rings. The van der Waals surface area contributed by atoms with E-state index >= 15 is 0 Å². The van der Waals surface area contributed by atoms with Gasteiger partial charge < -0.3 is 25.2 Å². The summed E-state index contributed by atoms with van der Waals surface area (Å²) in [5, 5.41) is 43.0. The maximum absolute atomic E-state index is 11.3. The van der Waals surface area contributed by atoms with Gasteiger partial charge in [-0.2, -0.15) is 0 Å². The van der Waals surface area contributed by atoms with Gasteiger partial charge in [-0.3, -0.25) is 0 Å². The molecular weight excluding hydrogens is 633 g/mol. The minimum absolute atomic E-state index is 0.138. The molecular formula is C46H94O5. The largest absolute Gasteiger partial charge is 0.394 e. The first-order chi connectivity index (χ1) is 25.0. The summed E-state index contributed by atoms with van der Waals surface area (Å²) in [6.45, 7) is 8.35. The van der Waals surface area contributed by atoms with Crippen LogP contribution in [-0.2, 0) is 4.74 Å². The summed E-state index contributed by atoms with van der Waals surface area (Å²) in [6.07, 6.45) is 39.0. The summed E-state index contributed by atoms with van der Waals surface area (Å²) in [5.74, 6) is 0.275. The van der Waals surface area contributed by atoms with E-state index in [2.05, 4.69) is 27.7 Å². The van der Waals surface area contributed by atoms with Crippen LogP contribution in [0.1, 0.15) is 246 Å². The number of aliphatic hydroxyl groups is 4. The molecule has 0 radical (unpaired) electrons. The van der Waals surface area contributed by atoms with Crippen LogP contribution in [-0.4, -0.2) is 58.1 Å². The van der Waals surface area contributed by atoms with Crippen LogP contribution in [0.15, 0.2) is 0 Å². The number of aliphatic hydroxyl groups excluding tert-OH is 4. The van der Waals surface area contributed by atoms with E-state index in [1.54, 1.807) is 0 Å². The zero-order valence-electron chi connectivity index (χ0n) is 35.1. The second kappa shape index (κ2) is 39.5. The van der Waals surface area contributed by atoms with E-state index in [0.717, 1.165) is 51.4 Å². The quantitative estimate of drug-likeness (QED) is 0.0470. The molecule has 0 aromatic heterocycles. The fourth-order valence-electron chi connectivity index (χ4n) is 8.17. The highest BCUT2D eigenvalue weighted by Gasteiger charge is 2.36. The third kappa shape index (κ3) is 29.8. The Labute approximate surface area is 319 Å². The van der Waals surface area contributed by atoms with Crippen LogP contribution >= 0.6 is 0 Å². The standard InChI is InChI=1S/C46H94O5/c1-5-9-13-17-19-21-23-25-27-29-33-37-41(35-31-15-11-7-3)45(43(49)39-47)51-46(44(50)40-48)42(36-32-16-12-8-4)38-34-30-28-26-24-22-20-18-14-10-6-2/h41-50H,5-40H2,1-4H3. The first-order valence-corrected chi connectivity index (χ1v) is 23.2. The van der Waals surface area contributed by atoms with Gasteiger partial charge in [-0.25, -0.2) is 0 Å². The average Bonchev–Trinajstić information content (AvgIpc) is 3.14. The van der Waals surface area contributed by atoms with Gasteiger partial charge in [0.05, 0.1) is 25.4 Å². The Balaban J connectivity index is 5.43. The van der Waals surface area contributed by atoms with Crippen LogP contribution in [0.4, 0.5) is 0 Å². The van der Waals surface area contributed by atoms with Gasteiger partial charge in [0.2, 0.25) is 0 Å². The zero-order chi connectivity index (χ0) is 37.6. The molecule has 0 amide bonds. The smallest absolute Gasteiger partial charge is 0.103 e. The lowest BCUT2D eigenvalue weighted by atomic mass is 9.84. The number of ether oxygens (including phenoxy) is 1. The summed E-state index contributed by atoms with van der Waals surface area (Å²) >= 11 is 0. The van der Waals surface area contributed by atoms with Gasteiger partial charge in [0.1, 0.15) is 12.2 Å². The molecule has 0 aromatic rings. The van der Waals surface area contributed by atoms with Crippen LogP contribution in [0, 0.1) is 11.8 Å². The van der Waals surface area contributed by atoms with Gasteiger partial charge in [0.25, 0.3) is 0 Å². The Morgan fingerprint density at radius 1 is 0.314 bits per heavy atom. The molecule has 6 unspecified atom stereocenters. The number of unbranched alkanes of at least 4 members (excludes halogenated alkanes) is 26. The molecule has 0 rings (SSSR count). The Kier molecular flexibility index (Phi) is 39.3. The van der Waals surface area contributed by atoms with Gasteiger partial charge in [0.15, 0.2) is 0 Å². The van der Waals surface area contributed by atoms with Crippen molar-refractivity contribution in [1.29, 1.82) is 0 Å². The molecule has 0 aromatic carbocycles. The molecule has 4 N–H and O–H groups in total. The average molecular weight is 727 g/mol. The molecule has 0 aliphatic carbocycles. The Hall–Kier alpha value is -0.200. The molecule has 0 saturated heterocycles.